The number of anilines is 3. The van der Waals surface area contributed by atoms with Crippen molar-refractivity contribution in [3.63, 3.8) is 0 Å². The maximum atomic E-state index is 4.63. The van der Waals surface area contributed by atoms with Gasteiger partial charge >= 0.3 is 0 Å². The molecule has 0 aliphatic rings. The van der Waals surface area contributed by atoms with Gasteiger partial charge in [0.2, 0.25) is 0 Å². The normalized spacial score (nSPS) is 11.2. The van der Waals surface area contributed by atoms with Crippen molar-refractivity contribution >= 4 is 48.7 Å². The molecule has 2 nitrogen and oxygen atoms in total. The van der Waals surface area contributed by atoms with Gasteiger partial charge in [0.15, 0.2) is 0 Å². The van der Waals surface area contributed by atoms with E-state index in [1.165, 1.54) is 71.1 Å². The standard InChI is InChI=1S/C53H36N2S/c1-3-10-37(11-4-1)40-23-29-46(30-24-40)55(47-31-25-41(26-32-47)38-12-5-2-6-13-38)48-33-27-42(28-34-48)39-19-21-43(22-20-39)44-14-7-15-45(36-44)49-16-8-17-50-51-18-9-35-54-53(51)56-52(49)50/h1-36H. The molecule has 0 aliphatic heterocycles. The number of benzene rings is 8. The number of fused-ring (bicyclic) bond motifs is 3. The van der Waals surface area contributed by atoms with Crippen LogP contribution in [0.15, 0.2) is 219 Å². The van der Waals surface area contributed by atoms with Crippen LogP contribution >= 0.6 is 11.3 Å². The Kier molecular flexibility index (Phi) is 8.75. The molecule has 0 amide bonds. The highest BCUT2D eigenvalue weighted by atomic mass is 32.1. The number of thiophene rings is 1. The van der Waals surface area contributed by atoms with Crippen LogP contribution in [0.25, 0.3) is 75.9 Å². The second kappa shape index (κ2) is 14.6. The van der Waals surface area contributed by atoms with Crippen LogP contribution in [0.3, 0.4) is 0 Å². The molecule has 0 bridgehead atoms. The van der Waals surface area contributed by atoms with E-state index < -0.39 is 0 Å². The quantitative estimate of drug-likeness (QED) is 0.155. The molecule has 0 radical (unpaired) electrons. The molecule has 2 heterocycles. The van der Waals surface area contributed by atoms with Gasteiger partial charge in [0.05, 0.1) is 0 Å². The topological polar surface area (TPSA) is 16.1 Å². The number of aromatic nitrogens is 1. The molecule has 3 heteroatoms. The monoisotopic (exact) mass is 732 g/mol. The lowest BCUT2D eigenvalue weighted by atomic mass is 9.96. The van der Waals surface area contributed by atoms with Crippen LogP contribution in [0.4, 0.5) is 17.1 Å². The first-order valence-corrected chi connectivity index (χ1v) is 19.8. The highest BCUT2D eigenvalue weighted by Crippen LogP contribution is 2.41. The third kappa shape index (κ3) is 6.45. The molecular weight excluding hydrogens is 697 g/mol. The zero-order chi connectivity index (χ0) is 37.3. The molecule has 0 atom stereocenters. The summed E-state index contributed by atoms with van der Waals surface area (Å²) in [7, 11) is 0. The summed E-state index contributed by atoms with van der Waals surface area (Å²) in [5, 5.41) is 2.48. The van der Waals surface area contributed by atoms with E-state index in [-0.39, 0.29) is 0 Å². The van der Waals surface area contributed by atoms with Crippen molar-refractivity contribution in [3.05, 3.63) is 219 Å². The molecule has 56 heavy (non-hydrogen) atoms. The van der Waals surface area contributed by atoms with Gasteiger partial charge in [0.1, 0.15) is 4.83 Å². The summed E-state index contributed by atoms with van der Waals surface area (Å²) < 4.78 is 1.28. The van der Waals surface area contributed by atoms with Crippen LogP contribution < -0.4 is 4.90 Å². The average Bonchev–Trinajstić information content (AvgIpc) is 3.67. The Hall–Kier alpha value is -7.07. The summed E-state index contributed by atoms with van der Waals surface area (Å²) >= 11 is 1.77. The van der Waals surface area contributed by atoms with Gasteiger partial charge in [-0.1, -0.05) is 158 Å². The molecule has 0 saturated heterocycles. The van der Waals surface area contributed by atoms with E-state index in [0.29, 0.717) is 0 Å². The lowest BCUT2D eigenvalue weighted by Crippen LogP contribution is -2.09. The number of nitrogens with zero attached hydrogens (tertiary/aromatic N) is 2. The lowest BCUT2D eigenvalue weighted by Gasteiger charge is -2.26. The summed E-state index contributed by atoms with van der Waals surface area (Å²) in [5.41, 5.74) is 15.4. The Morgan fingerprint density at radius 3 is 1.27 bits per heavy atom. The fraction of sp³-hybridized carbons (Fsp3) is 0. The molecule has 8 aromatic carbocycles. The largest absolute Gasteiger partial charge is 0.311 e. The summed E-state index contributed by atoms with van der Waals surface area (Å²) in [6, 6.07) is 76.3. The zero-order valence-corrected chi connectivity index (χ0v) is 31.4. The minimum atomic E-state index is 1.08. The molecule has 0 unspecified atom stereocenters. The van der Waals surface area contributed by atoms with E-state index in [1.807, 2.05) is 12.3 Å². The van der Waals surface area contributed by atoms with Gasteiger partial charge in [-0.3, -0.25) is 0 Å². The number of pyridine rings is 1. The van der Waals surface area contributed by atoms with Gasteiger partial charge < -0.3 is 4.90 Å². The summed E-state index contributed by atoms with van der Waals surface area (Å²) in [5.74, 6) is 0. The van der Waals surface area contributed by atoms with Gasteiger partial charge in [-0.15, -0.1) is 11.3 Å². The van der Waals surface area contributed by atoms with Crippen molar-refractivity contribution in [2.45, 2.75) is 0 Å². The van der Waals surface area contributed by atoms with Gasteiger partial charge in [-0.25, -0.2) is 4.98 Å². The highest BCUT2D eigenvalue weighted by Gasteiger charge is 2.15. The number of hydrogen-bond donors (Lipinski definition) is 0. The van der Waals surface area contributed by atoms with Crippen molar-refractivity contribution < 1.29 is 0 Å². The first-order chi connectivity index (χ1) is 27.7. The molecule has 0 aliphatic carbocycles. The first kappa shape index (κ1) is 33.5. The van der Waals surface area contributed by atoms with Crippen molar-refractivity contribution in [2.75, 3.05) is 4.90 Å². The van der Waals surface area contributed by atoms with Crippen molar-refractivity contribution in [3.8, 4) is 55.6 Å². The fourth-order valence-electron chi connectivity index (χ4n) is 7.70. The lowest BCUT2D eigenvalue weighted by molar-refractivity contribution is 1.28. The third-order valence-electron chi connectivity index (χ3n) is 10.6. The maximum Gasteiger partial charge on any atom is 0.124 e. The van der Waals surface area contributed by atoms with E-state index >= 15 is 0 Å². The van der Waals surface area contributed by atoms with Crippen molar-refractivity contribution in [2.24, 2.45) is 0 Å². The third-order valence-corrected chi connectivity index (χ3v) is 11.8. The number of hydrogen-bond acceptors (Lipinski definition) is 3. The van der Waals surface area contributed by atoms with Gasteiger partial charge in [0.25, 0.3) is 0 Å². The molecule has 0 N–H and O–H groups in total. The van der Waals surface area contributed by atoms with Crippen LogP contribution in [0.5, 0.6) is 0 Å². The molecule has 0 saturated carbocycles. The van der Waals surface area contributed by atoms with Crippen LogP contribution in [-0.2, 0) is 0 Å². The summed E-state index contributed by atoms with van der Waals surface area (Å²) in [6.45, 7) is 0. The van der Waals surface area contributed by atoms with Crippen LogP contribution in [-0.4, -0.2) is 4.98 Å². The maximum absolute atomic E-state index is 4.63. The summed E-state index contributed by atoms with van der Waals surface area (Å²) in [4.78, 5) is 8.05. The molecular formula is C53H36N2S. The predicted molar refractivity (Wildman–Crippen MR) is 239 cm³/mol. The minimum Gasteiger partial charge on any atom is -0.311 e. The van der Waals surface area contributed by atoms with E-state index in [4.69, 9.17) is 0 Å². The second-order valence-corrected chi connectivity index (χ2v) is 15.0. The second-order valence-electron chi connectivity index (χ2n) is 14.0. The molecule has 10 rings (SSSR count). The minimum absolute atomic E-state index is 1.08. The van der Waals surface area contributed by atoms with Gasteiger partial charge in [-0.05, 0) is 110 Å². The van der Waals surface area contributed by atoms with E-state index in [2.05, 4.69) is 216 Å². The Labute approximate surface area is 331 Å². The fourth-order valence-corrected chi connectivity index (χ4v) is 8.88. The molecule has 0 fully saturated rings. The van der Waals surface area contributed by atoms with Crippen molar-refractivity contribution in [1.82, 2.24) is 4.98 Å². The Morgan fingerprint density at radius 2 is 0.732 bits per heavy atom. The van der Waals surface area contributed by atoms with Crippen molar-refractivity contribution in [1.29, 1.82) is 0 Å². The molecule has 10 aromatic rings. The Morgan fingerprint density at radius 1 is 0.321 bits per heavy atom. The first-order valence-electron chi connectivity index (χ1n) is 18.9. The SMILES string of the molecule is c1ccc(-c2ccc(N(c3ccc(-c4ccccc4)cc3)c3ccc(-c4ccc(-c5cccc(-c6cccc7c6sc6ncccc67)c5)cc4)cc3)cc2)cc1. The van der Waals surface area contributed by atoms with Gasteiger partial charge in [-0.2, -0.15) is 0 Å². The Bertz CT molecular complexity index is 2830. The van der Waals surface area contributed by atoms with Crippen LogP contribution in [0.2, 0.25) is 0 Å². The average molecular weight is 733 g/mol. The smallest absolute Gasteiger partial charge is 0.124 e. The molecule has 2 aromatic heterocycles. The van der Waals surface area contributed by atoms with E-state index in [1.54, 1.807) is 11.3 Å². The van der Waals surface area contributed by atoms with Crippen LogP contribution in [0.1, 0.15) is 0 Å². The molecule has 264 valence electrons. The number of rotatable bonds is 8. The Balaban J connectivity index is 0.941. The molecule has 0 spiro atoms. The predicted octanol–water partition coefficient (Wildman–Crippen LogP) is 15.3. The van der Waals surface area contributed by atoms with E-state index in [0.717, 1.165) is 21.9 Å². The van der Waals surface area contributed by atoms with Gasteiger partial charge in [0, 0.05) is 38.7 Å². The summed E-state index contributed by atoms with van der Waals surface area (Å²) in [6.07, 6.45) is 1.88. The highest BCUT2D eigenvalue weighted by molar-refractivity contribution is 7.26. The van der Waals surface area contributed by atoms with E-state index in [9.17, 15) is 0 Å². The zero-order valence-electron chi connectivity index (χ0n) is 30.6. The van der Waals surface area contributed by atoms with Crippen LogP contribution in [0, 0.1) is 0 Å².